The first-order chi connectivity index (χ1) is 10.6. The number of aliphatic carboxylic acids is 1. The summed E-state index contributed by atoms with van der Waals surface area (Å²) in [7, 11) is 0. The van der Waals surface area contributed by atoms with Gasteiger partial charge in [-0.1, -0.05) is 23.7 Å². The number of halogens is 1. The van der Waals surface area contributed by atoms with Crippen molar-refractivity contribution in [2.24, 2.45) is 0 Å². The summed E-state index contributed by atoms with van der Waals surface area (Å²) in [4.78, 5) is 18.9. The molecular formula is C15H14ClN3O3. The zero-order chi connectivity index (χ0) is 15.6. The molecule has 0 atom stereocenters. The molecule has 1 aromatic carbocycles. The first kappa shape index (κ1) is 14.6. The van der Waals surface area contributed by atoms with E-state index in [-0.39, 0.29) is 0 Å². The number of carboxylic acid groups (broad SMARTS) is 1. The Morgan fingerprint density at radius 2 is 2.05 bits per heavy atom. The van der Waals surface area contributed by atoms with Gasteiger partial charge in [0.25, 0.3) is 0 Å². The van der Waals surface area contributed by atoms with Crippen molar-refractivity contribution in [3.05, 3.63) is 47.4 Å². The van der Waals surface area contributed by atoms with Crippen molar-refractivity contribution in [3.63, 3.8) is 0 Å². The van der Waals surface area contributed by atoms with E-state index >= 15 is 0 Å². The van der Waals surface area contributed by atoms with Gasteiger partial charge in [-0.3, -0.25) is 0 Å². The minimum Gasteiger partial charge on any atom is -0.478 e. The Hall–Kier alpha value is -2.34. The van der Waals surface area contributed by atoms with Crippen LogP contribution in [0.25, 0.3) is 0 Å². The molecule has 1 heterocycles. The maximum absolute atomic E-state index is 11.1. The Balaban J connectivity index is 1.59. The number of carbonyl (C=O) groups is 1. The van der Waals surface area contributed by atoms with E-state index < -0.39 is 11.6 Å². The fourth-order valence-electron chi connectivity index (χ4n) is 2.00. The molecule has 1 fully saturated rings. The first-order valence-corrected chi connectivity index (χ1v) is 7.18. The molecule has 1 aliphatic carbocycles. The van der Waals surface area contributed by atoms with Crippen molar-refractivity contribution in [1.82, 2.24) is 9.97 Å². The third kappa shape index (κ3) is 3.28. The van der Waals surface area contributed by atoms with Crippen molar-refractivity contribution in [2.75, 3.05) is 5.32 Å². The van der Waals surface area contributed by atoms with Gasteiger partial charge >= 0.3 is 5.97 Å². The molecule has 3 rings (SSSR count). The molecular weight excluding hydrogens is 306 g/mol. The fraction of sp³-hybridized carbons (Fsp3) is 0.267. The number of anilines is 1. The number of nitrogens with zero attached hydrogens (tertiary/aromatic N) is 2. The van der Waals surface area contributed by atoms with Crippen LogP contribution in [0.1, 0.15) is 18.4 Å². The average Bonchev–Trinajstić information content (AvgIpc) is 3.28. The number of carboxylic acids is 1. The second-order valence-electron chi connectivity index (χ2n) is 5.12. The van der Waals surface area contributed by atoms with Crippen molar-refractivity contribution in [1.29, 1.82) is 0 Å². The zero-order valence-corrected chi connectivity index (χ0v) is 12.4. The van der Waals surface area contributed by atoms with E-state index in [9.17, 15) is 4.79 Å². The molecule has 6 nitrogen and oxygen atoms in total. The minimum absolute atomic E-state index is 0.379. The van der Waals surface area contributed by atoms with E-state index in [1.165, 1.54) is 6.33 Å². The van der Waals surface area contributed by atoms with Crippen LogP contribution in [0.4, 0.5) is 5.82 Å². The second-order valence-corrected chi connectivity index (χ2v) is 5.51. The molecule has 0 spiro atoms. The van der Waals surface area contributed by atoms with E-state index in [0.29, 0.717) is 36.1 Å². The molecule has 1 saturated carbocycles. The molecule has 7 heteroatoms. The van der Waals surface area contributed by atoms with E-state index in [0.717, 1.165) is 5.56 Å². The van der Waals surface area contributed by atoms with Gasteiger partial charge in [0.05, 0.1) is 0 Å². The Kier molecular flexibility index (Phi) is 3.85. The number of aromatic nitrogens is 2. The van der Waals surface area contributed by atoms with Crippen molar-refractivity contribution in [3.8, 4) is 5.75 Å². The topological polar surface area (TPSA) is 84.3 Å². The van der Waals surface area contributed by atoms with Crippen LogP contribution in [0.3, 0.4) is 0 Å². The van der Waals surface area contributed by atoms with Gasteiger partial charge in [0.15, 0.2) is 0 Å². The van der Waals surface area contributed by atoms with Crippen LogP contribution in [0.2, 0.25) is 5.15 Å². The number of nitrogens with one attached hydrogen (secondary N) is 1. The van der Waals surface area contributed by atoms with E-state index in [2.05, 4.69) is 15.3 Å². The summed E-state index contributed by atoms with van der Waals surface area (Å²) in [6, 6.07) is 8.94. The highest BCUT2D eigenvalue weighted by atomic mass is 35.5. The Morgan fingerprint density at radius 3 is 2.64 bits per heavy atom. The molecule has 0 saturated heterocycles. The lowest BCUT2D eigenvalue weighted by Gasteiger charge is -2.13. The molecule has 0 aliphatic heterocycles. The molecule has 2 aromatic rings. The SMILES string of the molecule is O=C(O)C1(Oc2ccc(CNc3cc(Cl)ncn3)cc2)CC1. The zero-order valence-electron chi connectivity index (χ0n) is 11.6. The molecule has 1 aromatic heterocycles. The molecule has 22 heavy (non-hydrogen) atoms. The highest BCUT2D eigenvalue weighted by Gasteiger charge is 2.53. The summed E-state index contributed by atoms with van der Waals surface area (Å²) < 4.78 is 5.55. The molecule has 0 bridgehead atoms. The van der Waals surface area contributed by atoms with Crippen LogP contribution in [-0.4, -0.2) is 26.6 Å². The van der Waals surface area contributed by atoms with Gasteiger partial charge in [-0.2, -0.15) is 0 Å². The highest BCUT2D eigenvalue weighted by molar-refractivity contribution is 6.29. The molecule has 0 radical (unpaired) electrons. The first-order valence-electron chi connectivity index (χ1n) is 6.80. The Labute approximate surface area is 132 Å². The number of hydrogen-bond acceptors (Lipinski definition) is 5. The van der Waals surface area contributed by atoms with Crippen molar-refractivity contribution in [2.45, 2.75) is 25.0 Å². The fourth-order valence-corrected chi connectivity index (χ4v) is 2.14. The number of rotatable bonds is 6. The summed E-state index contributed by atoms with van der Waals surface area (Å²) in [6.07, 6.45) is 2.50. The number of benzene rings is 1. The Bertz CT molecular complexity index is 687. The van der Waals surface area contributed by atoms with Gasteiger partial charge < -0.3 is 15.2 Å². The molecule has 0 amide bonds. The number of ether oxygens (including phenoxy) is 1. The van der Waals surface area contributed by atoms with Gasteiger partial charge in [0.2, 0.25) is 5.60 Å². The van der Waals surface area contributed by atoms with Crippen LogP contribution in [0.5, 0.6) is 5.75 Å². The van der Waals surface area contributed by atoms with Crippen LogP contribution < -0.4 is 10.1 Å². The summed E-state index contributed by atoms with van der Waals surface area (Å²) in [5.41, 5.74) is -0.000416. The molecule has 0 unspecified atom stereocenters. The van der Waals surface area contributed by atoms with Crippen LogP contribution in [0.15, 0.2) is 36.7 Å². The monoisotopic (exact) mass is 319 g/mol. The van der Waals surface area contributed by atoms with Gasteiger partial charge in [0.1, 0.15) is 23.0 Å². The Morgan fingerprint density at radius 1 is 1.32 bits per heavy atom. The maximum atomic E-state index is 11.1. The van der Waals surface area contributed by atoms with Crippen LogP contribution in [-0.2, 0) is 11.3 Å². The quantitative estimate of drug-likeness (QED) is 0.796. The summed E-state index contributed by atoms with van der Waals surface area (Å²) in [6.45, 7) is 0.567. The van der Waals surface area contributed by atoms with Crippen molar-refractivity contribution < 1.29 is 14.6 Å². The van der Waals surface area contributed by atoms with E-state index in [1.807, 2.05) is 12.1 Å². The van der Waals surface area contributed by atoms with E-state index in [1.54, 1.807) is 18.2 Å². The third-order valence-corrected chi connectivity index (χ3v) is 3.64. The average molecular weight is 320 g/mol. The maximum Gasteiger partial charge on any atom is 0.348 e. The van der Waals surface area contributed by atoms with Gasteiger partial charge in [-0.15, -0.1) is 0 Å². The second kappa shape index (κ2) is 5.81. The smallest absolute Gasteiger partial charge is 0.348 e. The lowest BCUT2D eigenvalue weighted by Crippen LogP contribution is -2.28. The molecule has 1 aliphatic rings. The minimum atomic E-state index is -1.02. The third-order valence-electron chi connectivity index (χ3n) is 3.44. The summed E-state index contributed by atoms with van der Waals surface area (Å²) >= 11 is 5.78. The predicted octanol–water partition coefficient (Wildman–Crippen LogP) is 2.74. The lowest BCUT2D eigenvalue weighted by atomic mass is 10.2. The number of hydrogen-bond donors (Lipinski definition) is 2. The lowest BCUT2D eigenvalue weighted by molar-refractivity contribution is -0.147. The standard InChI is InChI=1S/C15H14ClN3O3/c16-12-7-13(19-9-18-12)17-8-10-1-3-11(4-2-10)22-15(5-6-15)14(20)21/h1-4,7,9H,5-6,8H2,(H,20,21)(H,17,18,19). The van der Waals surface area contributed by atoms with E-state index in [4.69, 9.17) is 21.4 Å². The van der Waals surface area contributed by atoms with Crippen LogP contribution >= 0.6 is 11.6 Å². The summed E-state index contributed by atoms with van der Waals surface area (Å²) in [5.74, 6) is 0.302. The van der Waals surface area contributed by atoms with Gasteiger partial charge in [-0.25, -0.2) is 14.8 Å². The van der Waals surface area contributed by atoms with Gasteiger partial charge in [-0.05, 0) is 17.7 Å². The van der Waals surface area contributed by atoms with Gasteiger partial charge in [0, 0.05) is 25.5 Å². The predicted molar refractivity (Wildman–Crippen MR) is 81.0 cm³/mol. The summed E-state index contributed by atoms with van der Waals surface area (Å²) in [5, 5.41) is 12.6. The van der Waals surface area contributed by atoms with Crippen LogP contribution in [0, 0.1) is 0 Å². The van der Waals surface area contributed by atoms with Crippen molar-refractivity contribution >= 4 is 23.4 Å². The molecule has 114 valence electrons. The largest absolute Gasteiger partial charge is 0.478 e. The highest BCUT2D eigenvalue weighted by Crippen LogP contribution is 2.40. The normalized spacial score (nSPS) is 15.1. The molecule has 2 N–H and O–H groups in total.